The summed E-state index contributed by atoms with van der Waals surface area (Å²) in [7, 11) is 0. The number of halogens is 1. The van der Waals surface area contributed by atoms with E-state index in [-0.39, 0.29) is 23.3 Å². The zero-order valence-electron chi connectivity index (χ0n) is 13.4. The monoisotopic (exact) mass is 329 g/mol. The summed E-state index contributed by atoms with van der Waals surface area (Å²) in [6.07, 6.45) is 4.24. The van der Waals surface area contributed by atoms with Gasteiger partial charge in [0.1, 0.15) is 5.82 Å². The van der Waals surface area contributed by atoms with Gasteiger partial charge in [0, 0.05) is 37.3 Å². The number of nitrogens with zero attached hydrogens (tertiary/aromatic N) is 2. The Labute approximate surface area is 139 Å². The minimum Gasteiger partial charge on any atom is -0.342 e. The van der Waals surface area contributed by atoms with Crippen LogP contribution in [-0.4, -0.2) is 33.9 Å². The van der Waals surface area contributed by atoms with Crippen LogP contribution in [-0.2, 0) is 11.2 Å². The average Bonchev–Trinajstić information content (AvgIpc) is 2.60. The molecule has 1 amide bonds. The Morgan fingerprint density at radius 3 is 3.04 bits per heavy atom. The molecular formula is C18H20FN3O2. The Bertz CT molecular complexity index is 775. The van der Waals surface area contributed by atoms with Crippen molar-refractivity contribution in [1.82, 2.24) is 14.9 Å². The standard InChI is InChI=1S/C18H20FN3O2/c19-15-5-1-3-13(11-15)6-7-17(23)22-10-2-4-14(12-22)16-8-9-20-18(24)21-16/h1,3,5,8-9,11,14H,2,4,6-7,10,12H2,(H,20,21,24)/t14-/m1/s1. The van der Waals surface area contributed by atoms with Crippen LogP contribution in [0.2, 0.25) is 0 Å². The van der Waals surface area contributed by atoms with Gasteiger partial charge in [-0.05, 0) is 43.0 Å². The van der Waals surface area contributed by atoms with Crippen LogP contribution in [0.1, 0.15) is 36.4 Å². The van der Waals surface area contributed by atoms with Gasteiger partial charge in [0.05, 0.1) is 0 Å². The highest BCUT2D eigenvalue weighted by atomic mass is 19.1. The van der Waals surface area contributed by atoms with Crippen molar-refractivity contribution in [3.05, 3.63) is 64.1 Å². The molecule has 1 atom stereocenters. The summed E-state index contributed by atoms with van der Waals surface area (Å²) in [5.41, 5.74) is 1.30. The normalized spacial score (nSPS) is 17.7. The van der Waals surface area contributed by atoms with E-state index in [2.05, 4.69) is 9.97 Å². The number of H-pyrrole nitrogens is 1. The van der Waals surface area contributed by atoms with Crippen molar-refractivity contribution in [2.45, 2.75) is 31.6 Å². The molecule has 3 rings (SSSR count). The van der Waals surface area contributed by atoms with Crippen molar-refractivity contribution in [2.75, 3.05) is 13.1 Å². The summed E-state index contributed by atoms with van der Waals surface area (Å²) >= 11 is 0. The number of rotatable bonds is 4. The fourth-order valence-electron chi connectivity index (χ4n) is 3.18. The summed E-state index contributed by atoms with van der Waals surface area (Å²) in [6, 6.07) is 8.15. The first kappa shape index (κ1) is 16.4. The lowest BCUT2D eigenvalue weighted by Crippen LogP contribution is -2.39. The highest BCUT2D eigenvalue weighted by molar-refractivity contribution is 5.76. The molecule has 0 unspecified atom stereocenters. The first-order chi connectivity index (χ1) is 11.6. The molecule has 1 aromatic carbocycles. The number of hydrogen-bond donors (Lipinski definition) is 1. The van der Waals surface area contributed by atoms with E-state index in [9.17, 15) is 14.0 Å². The molecule has 1 aromatic heterocycles. The molecule has 1 N–H and O–H groups in total. The lowest BCUT2D eigenvalue weighted by atomic mass is 9.94. The average molecular weight is 329 g/mol. The molecule has 5 nitrogen and oxygen atoms in total. The second-order valence-corrected chi connectivity index (χ2v) is 6.14. The molecule has 0 saturated carbocycles. The van der Waals surface area contributed by atoms with Gasteiger partial charge in [0.15, 0.2) is 0 Å². The van der Waals surface area contributed by atoms with E-state index in [1.807, 2.05) is 11.0 Å². The van der Waals surface area contributed by atoms with Crippen LogP contribution in [0.15, 0.2) is 41.3 Å². The van der Waals surface area contributed by atoms with E-state index in [0.29, 0.717) is 19.4 Å². The summed E-state index contributed by atoms with van der Waals surface area (Å²) < 4.78 is 13.2. The number of hydrogen-bond acceptors (Lipinski definition) is 3. The Morgan fingerprint density at radius 2 is 2.25 bits per heavy atom. The number of nitrogens with one attached hydrogen (secondary N) is 1. The fraction of sp³-hybridized carbons (Fsp3) is 0.389. The van der Waals surface area contributed by atoms with Crippen LogP contribution in [0.5, 0.6) is 0 Å². The second kappa shape index (κ2) is 7.38. The maximum absolute atomic E-state index is 13.2. The quantitative estimate of drug-likeness (QED) is 0.935. The van der Waals surface area contributed by atoms with E-state index in [1.165, 1.54) is 18.3 Å². The van der Waals surface area contributed by atoms with Gasteiger partial charge in [0.25, 0.3) is 0 Å². The predicted octanol–water partition coefficient (Wildman–Crippen LogP) is 2.25. The molecule has 1 aliphatic heterocycles. The molecule has 0 aliphatic carbocycles. The first-order valence-corrected chi connectivity index (χ1v) is 8.19. The van der Waals surface area contributed by atoms with Gasteiger partial charge in [-0.2, -0.15) is 0 Å². The molecular weight excluding hydrogens is 309 g/mol. The van der Waals surface area contributed by atoms with E-state index in [0.717, 1.165) is 30.6 Å². The number of carbonyl (C=O) groups is 1. The van der Waals surface area contributed by atoms with Crippen molar-refractivity contribution in [3.63, 3.8) is 0 Å². The second-order valence-electron chi connectivity index (χ2n) is 6.14. The SMILES string of the molecule is O=C(CCc1cccc(F)c1)N1CCC[C@@H](c2ccnc(=O)[nH]2)C1. The molecule has 6 heteroatoms. The van der Waals surface area contributed by atoms with Gasteiger partial charge in [-0.25, -0.2) is 14.2 Å². The molecule has 24 heavy (non-hydrogen) atoms. The van der Waals surface area contributed by atoms with Crippen molar-refractivity contribution in [2.24, 2.45) is 0 Å². The summed E-state index contributed by atoms with van der Waals surface area (Å²) in [5.74, 6) is -0.0763. The van der Waals surface area contributed by atoms with E-state index < -0.39 is 0 Å². The number of amides is 1. The van der Waals surface area contributed by atoms with Gasteiger partial charge in [-0.15, -0.1) is 0 Å². The smallest absolute Gasteiger partial charge is 0.342 e. The zero-order valence-corrected chi connectivity index (χ0v) is 13.4. The van der Waals surface area contributed by atoms with Crippen LogP contribution in [0.4, 0.5) is 4.39 Å². The molecule has 1 fully saturated rings. The molecule has 0 spiro atoms. The third-order valence-electron chi connectivity index (χ3n) is 4.43. The van der Waals surface area contributed by atoms with Crippen molar-refractivity contribution >= 4 is 5.91 Å². The molecule has 1 aliphatic rings. The third kappa shape index (κ3) is 4.07. The molecule has 2 heterocycles. The number of benzene rings is 1. The van der Waals surface area contributed by atoms with Gasteiger partial charge >= 0.3 is 5.69 Å². The maximum atomic E-state index is 13.2. The van der Waals surface area contributed by atoms with Crippen LogP contribution in [0.3, 0.4) is 0 Å². The number of aromatic amines is 1. The Balaban J connectivity index is 1.60. The van der Waals surface area contributed by atoms with Gasteiger partial charge in [-0.1, -0.05) is 12.1 Å². The van der Waals surface area contributed by atoms with E-state index in [1.54, 1.807) is 12.1 Å². The lowest BCUT2D eigenvalue weighted by Gasteiger charge is -2.32. The van der Waals surface area contributed by atoms with Crippen LogP contribution < -0.4 is 5.69 Å². The number of aryl methyl sites for hydroxylation is 1. The van der Waals surface area contributed by atoms with Crippen molar-refractivity contribution in [1.29, 1.82) is 0 Å². The van der Waals surface area contributed by atoms with Crippen molar-refractivity contribution in [3.8, 4) is 0 Å². The fourth-order valence-corrected chi connectivity index (χ4v) is 3.18. The molecule has 126 valence electrons. The van der Waals surface area contributed by atoms with Crippen LogP contribution >= 0.6 is 0 Å². The zero-order chi connectivity index (χ0) is 16.9. The lowest BCUT2D eigenvalue weighted by molar-refractivity contribution is -0.132. The Morgan fingerprint density at radius 1 is 1.38 bits per heavy atom. The molecule has 0 bridgehead atoms. The van der Waals surface area contributed by atoms with Gasteiger partial charge in [0.2, 0.25) is 5.91 Å². The largest absolute Gasteiger partial charge is 0.345 e. The topological polar surface area (TPSA) is 66.1 Å². The highest BCUT2D eigenvalue weighted by Crippen LogP contribution is 2.25. The van der Waals surface area contributed by atoms with Gasteiger partial charge < -0.3 is 9.88 Å². The summed E-state index contributed by atoms with van der Waals surface area (Å²) in [4.78, 5) is 32.0. The number of aromatic nitrogens is 2. The molecule has 1 saturated heterocycles. The van der Waals surface area contributed by atoms with Crippen LogP contribution in [0.25, 0.3) is 0 Å². The number of likely N-dealkylation sites (tertiary alicyclic amines) is 1. The number of carbonyl (C=O) groups excluding carboxylic acids is 1. The van der Waals surface area contributed by atoms with Crippen molar-refractivity contribution < 1.29 is 9.18 Å². The Kier molecular flexibility index (Phi) is 5.03. The summed E-state index contributed by atoms with van der Waals surface area (Å²) in [5, 5.41) is 0. The van der Waals surface area contributed by atoms with Crippen LogP contribution in [0, 0.1) is 5.82 Å². The maximum Gasteiger partial charge on any atom is 0.345 e. The van der Waals surface area contributed by atoms with E-state index >= 15 is 0 Å². The minimum absolute atomic E-state index is 0.0698. The minimum atomic E-state index is -0.359. The van der Waals surface area contributed by atoms with E-state index in [4.69, 9.17) is 0 Å². The first-order valence-electron chi connectivity index (χ1n) is 8.19. The predicted molar refractivity (Wildman–Crippen MR) is 88.1 cm³/mol. The summed E-state index contributed by atoms with van der Waals surface area (Å²) in [6.45, 7) is 1.33. The highest BCUT2D eigenvalue weighted by Gasteiger charge is 2.25. The van der Waals surface area contributed by atoms with Gasteiger partial charge in [-0.3, -0.25) is 4.79 Å². The molecule has 0 radical (unpaired) electrons. The Hall–Kier alpha value is -2.50. The third-order valence-corrected chi connectivity index (χ3v) is 4.43. The number of piperidine rings is 1. The molecule has 2 aromatic rings.